The Balaban J connectivity index is 4.18. The molecule has 0 aliphatic carbocycles. The third-order valence-electron chi connectivity index (χ3n) is 2.00. The Bertz CT molecular complexity index is 233. The van der Waals surface area contributed by atoms with Crippen LogP contribution in [0, 0.1) is 21.6 Å². The quantitative estimate of drug-likeness (QED) is 0.282. The monoisotopic (exact) mass is 199 g/mol. The maximum absolute atomic E-state index is 10.6. The van der Waals surface area contributed by atoms with Crippen LogP contribution in [-0.4, -0.2) is 28.5 Å². The highest BCUT2D eigenvalue weighted by atomic mass is 16.6. The lowest BCUT2D eigenvalue weighted by atomic mass is 10.1. The van der Waals surface area contributed by atoms with E-state index in [0.717, 1.165) is 12.8 Å². The molecule has 0 atom stereocenters. The minimum absolute atomic E-state index is 0.177. The summed E-state index contributed by atoms with van der Waals surface area (Å²) in [5.41, 5.74) is -1.05. The van der Waals surface area contributed by atoms with Crippen molar-refractivity contribution < 1.29 is 4.92 Å². The van der Waals surface area contributed by atoms with Crippen molar-refractivity contribution in [3.05, 3.63) is 10.1 Å². The lowest BCUT2D eigenvalue weighted by Gasteiger charge is -2.22. The maximum atomic E-state index is 10.6. The fourth-order valence-corrected chi connectivity index (χ4v) is 1.04. The molecule has 0 aromatic heterocycles. The molecule has 0 rings (SSSR count). The van der Waals surface area contributed by atoms with E-state index in [1.165, 1.54) is 18.7 Å². The van der Waals surface area contributed by atoms with Crippen molar-refractivity contribution in [1.82, 2.24) is 4.90 Å². The number of unbranched alkanes of at least 4 members (excludes halogenated alkanes) is 1. The SMILES string of the molecule is CCCCN(C#N)CC(C)(C)[N+](=O)[O-]. The van der Waals surface area contributed by atoms with Crippen LogP contribution >= 0.6 is 0 Å². The predicted octanol–water partition coefficient (Wildman–Crippen LogP) is 1.62. The molecular weight excluding hydrogens is 182 g/mol. The van der Waals surface area contributed by atoms with Crippen LogP contribution in [0.15, 0.2) is 0 Å². The molecule has 0 aromatic rings. The Hall–Kier alpha value is -1.31. The molecule has 0 amide bonds. The third kappa shape index (κ3) is 4.08. The molecule has 0 unspecified atom stereocenters. The summed E-state index contributed by atoms with van der Waals surface area (Å²) in [5, 5.41) is 19.4. The molecule has 0 aliphatic heterocycles. The van der Waals surface area contributed by atoms with Crippen LogP contribution in [0.3, 0.4) is 0 Å². The van der Waals surface area contributed by atoms with Gasteiger partial charge in [-0.1, -0.05) is 13.3 Å². The van der Waals surface area contributed by atoms with Crippen LogP contribution in [0.1, 0.15) is 33.6 Å². The number of nitrogens with zero attached hydrogens (tertiary/aromatic N) is 3. The molecule has 80 valence electrons. The summed E-state index contributed by atoms with van der Waals surface area (Å²) in [6.45, 7) is 5.86. The molecule has 0 fully saturated rings. The predicted molar refractivity (Wildman–Crippen MR) is 53.2 cm³/mol. The molecule has 0 saturated heterocycles. The van der Waals surface area contributed by atoms with Gasteiger partial charge in [-0.15, -0.1) is 0 Å². The second kappa shape index (κ2) is 5.43. The van der Waals surface area contributed by atoms with E-state index in [4.69, 9.17) is 5.26 Å². The second-order valence-electron chi connectivity index (χ2n) is 3.94. The van der Waals surface area contributed by atoms with Gasteiger partial charge in [0.1, 0.15) is 0 Å². The van der Waals surface area contributed by atoms with Crippen LogP contribution in [0.2, 0.25) is 0 Å². The second-order valence-corrected chi connectivity index (χ2v) is 3.94. The van der Waals surface area contributed by atoms with E-state index in [1.54, 1.807) is 0 Å². The average molecular weight is 199 g/mol. The molecule has 5 nitrogen and oxygen atoms in total. The van der Waals surface area contributed by atoms with E-state index in [1.807, 2.05) is 13.1 Å². The first-order valence-electron chi connectivity index (χ1n) is 4.73. The summed E-state index contributed by atoms with van der Waals surface area (Å²) >= 11 is 0. The van der Waals surface area contributed by atoms with Crippen molar-refractivity contribution in [2.24, 2.45) is 0 Å². The first kappa shape index (κ1) is 12.7. The first-order chi connectivity index (χ1) is 6.44. The van der Waals surface area contributed by atoms with Gasteiger partial charge in [-0.2, -0.15) is 5.26 Å². The van der Waals surface area contributed by atoms with Crippen molar-refractivity contribution in [2.75, 3.05) is 13.1 Å². The largest absolute Gasteiger partial charge is 0.303 e. The zero-order valence-corrected chi connectivity index (χ0v) is 8.99. The molecule has 0 radical (unpaired) electrons. The molecule has 0 aliphatic rings. The Morgan fingerprint density at radius 1 is 1.57 bits per heavy atom. The normalized spacial score (nSPS) is 10.7. The van der Waals surface area contributed by atoms with Gasteiger partial charge in [0.2, 0.25) is 5.54 Å². The highest BCUT2D eigenvalue weighted by Crippen LogP contribution is 2.10. The summed E-state index contributed by atoms with van der Waals surface area (Å²) in [7, 11) is 0. The Morgan fingerprint density at radius 2 is 2.14 bits per heavy atom. The summed E-state index contributed by atoms with van der Waals surface area (Å²) in [4.78, 5) is 11.7. The Morgan fingerprint density at radius 3 is 2.50 bits per heavy atom. The van der Waals surface area contributed by atoms with Gasteiger partial charge >= 0.3 is 0 Å². The van der Waals surface area contributed by atoms with E-state index < -0.39 is 5.54 Å². The average Bonchev–Trinajstić information content (AvgIpc) is 2.11. The van der Waals surface area contributed by atoms with Crippen LogP contribution < -0.4 is 0 Å². The zero-order valence-electron chi connectivity index (χ0n) is 8.99. The Labute approximate surface area is 84.5 Å². The van der Waals surface area contributed by atoms with Crippen molar-refractivity contribution >= 4 is 0 Å². The smallest absolute Gasteiger partial charge is 0.234 e. The van der Waals surface area contributed by atoms with E-state index in [0.29, 0.717) is 6.54 Å². The lowest BCUT2D eigenvalue weighted by molar-refractivity contribution is -0.560. The number of hydrogen-bond donors (Lipinski definition) is 0. The van der Waals surface area contributed by atoms with Gasteiger partial charge in [-0.3, -0.25) is 10.1 Å². The van der Waals surface area contributed by atoms with Gasteiger partial charge in [0.25, 0.3) is 0 Å². The molecular formula is C9H17N3O2. The van der Waals surface area contributed by atoms with Crippen molar-refractivity contribution in [2.45, 2.75) is 39.2 Å². The van der Waals surface area contributed by atoms with Crippen molar-refractivity contribution in [1.29, 1.82) is 5.26 Å². The van der Waals surface area contributed by atoms with Crippen molar-refractivity contribution in [3.8, 4) is 6.19 Å². The summed E-state index contributed by atoms with van der Waals surface area (Å²) in [5.74, 6) is 0. The number of hydrogen-bond acceptors (Lipinski definition) is 4. The summed E-state index contributed by atoms with van der Waals surface area (Å²) < 4.78 is 0. The van der Waals surface area contributed by atoms with Gasteiger partial charge in [-0.05, 0) is 6.42 Å². The highest BCUT2D eigenvalue weighted by molar-refractivity contribution is 4.81. The fraction of sp³-hybridized carbons (Fsp3) is 0.889. The standard InChI is InChI=1S/C9H17N3O2/c1-4-5-6-11(8-10)7-9(2,3)12(13)14/h4-7H2,1-3H3. The zero-order chi connectivity index (χ0) is 11.2. The first-order valence-corrected chi connectivity index (χ1v) is 4.73. The highest BCUT2D eigenvalue weighted by Gasteiger charge is 2.32. The topological polar surface area (TPSA) is 70.2 Å². The Kier molecular flexibility index (Phi) is 4.92. The summed E-state index contributed by atoms with van der Waals surface area (Å²) in [6, 6.07) is 0. The lowest BCUT2D eigenvalue weighted by Crippen LogP contribution is -2.42. The summed E-state index contributed by atoms with van der Waals surface area (Å²) in [6.07, 6.45) is 3.85. The maximum Gasteiger partial charge on any atom is 0.234 e. The van der Waals surface area contributed by atoms with E-state index in [-0.39, 0.29) is 11.5 Å². The van der Waals surface area contributed by atoms with E-state index in [9.17, 15) is 10.1 Å². The molecule has 0 saturated carbocycles. The van der Waals surface area contributed by atoms with Gasteiger partial charge in [0.05, 0.1) is 6.54 Å². The fourth-order valence-electron chi connectivity index (χ4n) is 1.04. The number of nitriles is 1. The third-order valence-corrected chi connectivity index (χ3v) is 2.00. The van der Waals surface area contributed by atoms with Gasteiger partial charge in [-0.25, -0.2) is 0 Å². The number of nitro groups is 1. The van der Waals surface area contributed by atoms with Gasteiger partial charge in [0, 0.05) is 25.3 Å². The molecule has 0 N–H and O–H groups in total. The molecule has 0 bridgehead atoms. The van der Waals surface area contributed by atoms with Crippen LogP contribution in [-0.2, 0) is 0 Å². The minimum Gasteiger partial charge on any atom is -0.303 e. The van der Waals surface area contributed by atoms with E-state index >= 15 is 0 Å². The van der Waals surface area contributed by atoms with Crippen molar-refractivity contribution in [3.63, 3.8) is 0 Å². The molecule has 5 heteroatoms. The van der Waals surface area contributed by atoms with Crippen LogP contribution in [0.4, 0.5) is 0 Å². The molecule has 0 heterocycles. The van der Waals surface area contributed by atoms with Gasteiger partial charge in [0.15, 0.2) is 6.19 Å². The number of rotatable bonds is 6. The van der Waals surface area contributed by atoms with Crippen LogP contribution in [0.25, 0.3) is 0 Å². The van der Waals surface area contributed by atoms with Gasteiger partial charge < -0.3 is 4.90 Å². The molecule has 14 heavy (non-hydrogen) atoms. The molecule has 0 spiro atoms. The van der Waals surface area contributed by atoms with Crippen LogP contribution in [0.5, 0.6) is 0 Å². The van der Waals surface area contributed by atoms with E-state index in [2.05, 4.69) is 0 Å². The minimum atomic E-state index is -1.05. The molecule has 0 aromatic carbocycles.